The molecular weight excluding hydrogens is 397 g/mol. The first-order valence-electron chi connectivity index (χ1n) is 0.455. The summed E-state index contributed by atoms with van der Waals surface area (Å²) >= 11 is 2.76. The fourth-order valence-electron chi connectivity index (χ4n) is 0. The van der Waals surface area contributed by atoms with E-state index in [4.69, 9.17) is 3.44 Å². The van der Waals surface area contributed by atoms with Crippen LogP contribution in [0.25, 0.3) is 0 Å². The van der Waals surface area contributed by atoms with Crippen molar-refractivity contribution in [1.82, 2.24) is 0 Å². The molecule has 0 fully saturated rings. The molecule has 0 aromatic carbocycles. The van der Waals surface area contributed by atoms with E-state index in [1.165, 1.54) is 0 Å². The summed E-state index contributed by atoms with van der Waals surface area (Å²) in [6.45, 7) is 0. The Morgan fingerprint density at radius 1 is 1.50 bits per heavy atom. The molecule has 0 rings (SSSR count). The molecule has 0 unspecified atom stereocenters. The Bertz CT molecular complexity index is 8.00. The second-order valence-electron chi connectivity index (χ2n) is 0.182. The topological polar surface area (TPSA) is 20.2 Å². The Morgan fingerprint density at radius 2 is 1.50 bits per heavy atom. The quantitative estimate of drug-likeness (QED) is 0.621. The Kier molecular flexibility index (Phi) is 5.14. The molecular formula is HI3O. The van der Waals surface area contributed by atoms with Crippen molar-refractivity contribution < 1.29 is 3.44 Å². The molecule has 0 bridgehead atoms. The van der Waals surface area contributed by atoms with Crippen LogP contribution in [0, 0.1) is 0 Å². The first-order valence-corrected chi connectivity index (χ1v) is 14.0. The molecule has 0 saturated carbocycles. The SMILES string of the molecule is OI(I)I. The summed E-state index contributed by atoms with van der Waals surface area (Å²) < 4.78 is 8.19. The second-order valence-corrected chi connectivity index (χ2v) is 22.0. The van der Waals surface area contributed by atoms with Crippen molar-refractivity contribution in [2.24, 2.45) is 0 Å². The van der Waals surface area contributed by atoms with Gasteiger partial charge in [-0.05, 0) is 0 Å². The molecule has 0 spiro atoms. The Morgan fingerprint density at radius 3 is 1.50 bits per heavy atom. The molecule has 0 aromatic heterocycles. The fraction of sp³-hybridized carbons (Fsp3) is 0. The average Bonchev–Trinajstić information content (AvgIpc) is 0.811. The molecule has 0 saturated heterocycles. The van der Waals surface area contributed by atoms with E-state index in [0.29, 0.717) is 0 Å². The standard InChI is InChI=1S/HI3O/c1-3(2)4/h4H. The van der Waals surface area contributed by atoms with Crippen molar-refractivity contribution in [3.63, 3.8) is 0 Å². The summed E-state index contributed by atoms with van der Waals surface area (Å²) in [7, 11) is 0. The van der Waals surface area contributed by atoms with Gasteiger partial charge in [-0.2, -0.15) is 0 Å². The van der Waals surface area contributed by atoms with Crippen LogP contribution >= 0.6 is 49.5 Å². The zero-order valence-electron chi connectivity index (χ0n) is 1.58. The van der Waals surface area contributed by atoms with Gasteiger partial charge in [0.2, 0.25) is 0 Å². The summed E-state index contributed by atoms with van der Waals surface area (Å²) in [5, 5.41) is 0. The van der Waals surface area contributed by atoms with Crippen molar-refractivity contribution in [3.8, 4) is 0 Å². The van der Waals surface area contributed by atoms with Crippen LogP contribution in [0.4, 0.5) is 0 Å². The molecule has 4 heavy (non-hydrogen) atoms. The van der Waals surface area contributed by atoms with E-state index >= 15 is 0 Å². The molecule has 0 aliphatic heterocycles. The van der Waals surface area contributed by atoms with Crippen LogP contribution in [0.15, 0.2) is 0 Å². The van der Waals surface area contributed by atoms with E-state index in [1.54, 1.807) is 0 Å². The van der Waals surface area contributed by atoms with Gasteiger partial charge in [-0.3, -0.25) is 0 Å². The maximum absolute atomic E-state index is 8.19. The van der Waals surface area contributed by atoms with Crippen LogP contribution in [0.3, 0.4) is 0 Å². The molecule has 0 radical (unpaired) electrons. The minimum absolute atomic E-state index is 1.32. The third kappa shape index (κ3) is 8.91. The van der Waals surface area contributed by atoms with E-state index in [-0.39, 0.29) is 0 Å². The third-order valence-electron chi connectivity index (χ3n) is 0. The third-order valence-corrected chi connectivity index (χ3v) is 0. The van der Waals surface area contributed by atoms with Gasteiger partial charge in [0.15, 0.2) is 0 Å². The summed E-state index contributed by atoms with van der Waals surface area (Å²) in [5.74, 6) is 0. The molecule has 0 aliphatic rings. The fourth-order valence-corrected chi connectivity index (χ4v) is 0. The van der Waals surface area contributed by atoms with Crippen molar-refractivity contribution >= 4 is 49.5 Å². The summed E-state index contributed by atoms with van der Waals surface area (Å²) in [4.78, 5) is 0. The van der Waals surface area contributed by atoms with Crippen LogP contribution in [-0.2, 0) is 0 Å². The van der Waals surface area contributed by atoms with Gasteiger partial charge in [0, 0.05) is 0 Å². The van der Waals surface area contributed by atoms with Crippen LogP contribution in [0.5, 0.6) is 0 Å². The van der Waals surface area contributed by atoms with Crippen molar-refractivity contribution in [1.29, 1.82) is 0 Å². The van der Waals surface area contributed by atoms with Gasteiger partial charge in [-0.15, -0.1) is 0 Å². The number of rotatable bonds is 0. The van der Waals surface area contributed by atoms with Crippen molar-refractivity contribution in [3.05, 3.63) is 0 Å². The monoisotopic (exact) mass is 398 g/mol. The first-order chi connectivity index (χ1) is 1.73. The van der Waals surface area contributed by atoms with Gasteiger partial charge in [0.1, 0.15) is 0 Å². The van der Waals surface area contributed by atoms with Gasteiger partial charge in [-0.25, -0.2) is 0 Å². The molecule has 28 valence electrons. The van der Waals surface area contributed by atoms with Gasteiger partial charge in [0.05, 0.1) is 0 Å². The maximum atomic E-state index is 8.19. The molecule has 0 aliphatic carbocycles. The zero-order valence-corrected chi connectivity index (χ0v) is 8.05. The molecule has 4 heteroatoms. The predicted octanol–water partition coefficient (Wildman–Crippen LogP) is 2.10. The number of hydrogen-bond acceptors (Lipinski definition) is 1. The van der Waals surface area contributed by atoms with Gasteiger partial charge < -0.3 is 0 Å². The predicted molar refractivity (Wildman–Crippen MR) is 44.3 cm³/mol. The molecule has 1 N–H and O–H groups in total. The molecule has 0 amide bonds. The molecule has 0 aromatic rings. The van der Waals surface area contributed by atoms with Crippen molar-refractivity contribution in [2.45, 2.75) is 0 Å². The number of hydrogen-bond donors (Lipinski definition) is 1. The normalized spacial score (nSPS) is 11.2. The van der Waals surface area contributed by atoms with Crippen molar-refractivity contribution in [2.75, 3.05) is 0 Å². The summed E-state index contributed by atoms with van der Waals surface area (Å²) in [6, 6.07) is 0. The van der Waals surface area contributed by atoms with E-state index in [2.05, 4.69) is 0 Å². The summed E-state index contributed by atoms with van der Waals surface area (Å²) in [5.41, 5.74) is 0. The first kappa shape index (κ1) is 6.15. The van der Waals surface area contributed by atoms with Crippen LogP contribution in [0.2, 0.25) is 0 Å². The van der Waals surface area contributed by atoms with E-state index < -0.39 is 12.3 Å². The van der Waals surface area contributed by atoms with Gasteiger partial charge in [-0.1, -0.05) is 0 Å². The zero-order chi connectivity index (χ0) is 3.58. The van der Waals surface area contributed by atoms with Gasteiger partial charge >= 0.3 is 53.0 Å². The van der Waals surface area contributed by atoms with Crippen LogP contribution < -0.4 is 0 Å². The molecule has 1 nitrogen and oxygen atoms in total. The van der Waals surface area contributed by atoms with Gasteiger partial charge in [0.25, 0.3) is 0 Å². The summed E-state index contributed by atoms with van der Waals surface area (Å²) in [6.07, 6.45) is 0. The van der Waals surface area contributed by atoms with Crippen LogP contribution in [0.1, 0.15) is 0 Å². The minimum atomic E-state index is -1.32. The Labute approximate surface area is 51.8 Å². The van der Waals surface area contributed by atoms with E-state index in [9.17, 15) is 0 Å². The van der Waals surface area contributed by atoms with E-state index in [0.717, 1.165) is 0 Å². The molecule has 0 atom stereocenters. The Hall–Kier alpha value is 2.15. The van der Waals surface area contributed by atoms with E-state index in [1.807, 2.05) is 37.2 Å². The second kappa shape index (κ2) is 3.34. The average molecular weight is 398 g/mol. The van der Waals surface area contributed by atoms with Crippen LogP contribution in [-0.4, -0.2) is 3.44 Å². The number of halogens is 3. The Balaban J connectivity index is 2.32. The molecule has 0 heterocycles.